The number of nitrogens with two attached hydrogens (primary N) is 1. The van der Waals surface area contributed by atoms with Gasteiger partial charge < -0.3 is 15.6 Å². The van der Waals surface area contributed by atoms with Gasteiger partial charge in [-0.05, 0) is 24.0 Å². The molecule has 0 radical (unpaired) electrons. The smallest absolute Gasteiger partial charge is 0.0921 e. The van der Waals surface area contributed by atoms with Crippen molar-refractivity contribution in [2.45, 2.75) is 31.4 Å². The fraction of sp³-hybridized carbons (Fsp3) is 0.538. The Morgan fingerprint density at radius 2 is 2.06 bits per heavy atom. The summed E-state index contributed by atoms with van der Waals surface area (Å²) in [4.78, 5) is 0. The zero-order chi connectivity index (χ0) is 11.4. The van der Waals surface area contributed by atoms with Crippen LogP contribution in [0.4, 0.5) is 0 Å². The largest absolute Gasteiger partial charge is 0.387 e. The van der Waals surface area contributed by atoms with E-state index in [1.807, 2.05) is 24.3 Å². The molecule has 1 saturated heterocycles. The Bertz CT molecular complexity index is 346. The van der Waals surface area contributed by atoms with Crippen molar-refractivity contribution in [2.75, 3.05) is 13.2 Å². The van der Waals surface area contributed by atoms with Crippen LogP contribution in [0.15, 0.2) is 24.3 Å². The molecule has 0 aromatic heterocycles. The van der Waals surface area contributed by atoms with E-state index in [9.17, 15) is 5.11 Å². The first kappa shape index (κ1) is 11.6. The highest BCUT2D eigenvalue weighted by Crippen LogP contribution is 2.25. The molecule has 0 saturated carbocycles. The standard InChI is InChI=1S/C13H19NO2/c14-9-12-5-2-1-4-11(12)8-13(15)6-3-7-16-10-13/h1-2,4-5,15H,3,6-10,14H2. The Kier molecular flexibility index (Phi) is 3.59. The van der Waals surface area contributed by atoms with Crippen LogP contribution in [0.1, 0.15) is 24.0 Å². The number of hydrogen-bond donors (Lipinski definition) is 2. The van der Waals surface area contributed by atoms with Crippen molar-refractivity contribution in [3.63, 3.8) is 0 Å². The Morgan fingerprint density at radius 3 is 2.69 bits per heavy atom. The van der Waals surface area contributed by atoms with Crippen LogP contribution in [-0.4, -0.2) is 23.9 Å². The Balaban J connectivity index is 2.12. The highest BCUT2D eigenvalue weighted by molar-refractivity contribution is 5.28. The summed E-state index contributed by atoms with van der Waals surface area (Å²) in [6, 6.07) is 8.02. The fourth-order valence-electron chi connectivity index (χ4n) is 2.26. The number of aliphatic hydroxyl groups is 1. The molecule has 0 bridgehead atoms. The molecular weight excluding hydrogens is 202 g/mol. The summed E-state index contributed by atoms with van der Waals surface area (Å²) in [6.45, 7) is 1.72. The summed E-state index contributed by atoms with van der Waals surface area (Å²) in [7, 11) is 0. The molecule has 1 aliphatic rings. The normalized spacial score (nSPS) is 25.6. The van der Waals surface area contributed by atoms with Crippen LogP contribution in [0.2, 0.25) is 0 Å². The van der Waals surface area contributed by atoms with E-state index < -0.39 is 5.60 Å². The van der Waals surface area contributed by atoms with Gasteiger partial charge in [0.05, 0.1) is 12.2 Å². The van der Waals surface area contributed by atoms with Gasteiger partial charge in [-0.15, -0.1) is 0 Å². The van der Waals surface area contributed by atoms with E-state index in [4.69, 9.17) is 10.5 Å². The minimum Gasteiger partial charge on any atom is -0.387 e. The highest BCUT2D eigenvalue weighted by Gasteiger charge is 2.30. The molecule has 1 unspecified atom stereocenters. The van der Waals surface area contributed by atoms with Crippen molar-refractivity contribution in [1.82, 2.24) is 0 Å². The molecule has 1 aliphatic heterocycles. The van der Waals surface area contributed by atoms with Gasteiger partial charge in [0, 0.05) is 19.6 Å². The summed E-state index contributed by atoms with van der Waals surface area (Å²) in [6.07, 6.45) is 2.38. The first-order chi connectivity index (χ1) is 7.73. The van der Waals surface area contributed by atoms with Gasteiger partial charge in [-0.25, -0.2) is 0 Å². The predicted octanol–water partition coefficient (Wildman–Crippen LogP) is 1.23. The second kappa shape index (κ2) is 4.95. The molecular formula is C13H19NO2. The van der Waals surface area contributed by atoms with Gasteiger partial charge >= 0.3 is 0 Å². The van der Waals surface area contributed by atoms with Gasteiger partial charge in [0.2, 0.25) is 0 Å². The van der Waals surface area contributed by atoms with Crippen LogP contribution in [-0.2, 0) is 17.7 Å². The van der Waals surface area contributed by atoms with E-state index in [-0.39, 0.29) is 0 Å². The molecule has 16 heavy (non-hydrogen) atoms. The lowest BCUT2D eigenvalue weighted by molar-refractivity contribution is -0.0845. The van der Waals surface area contributed by atoms with Crippen LogP contribution >= 0.6 is 0 Å². The van der Waals surface area contributed by atoms with E-state index in [2.05, 4.69) is 0 Å². The first-order valence-electron chi connectivity index (χ1n) is 5.80. The third-order valence-corrected chi connectivity index (χ3v) is 3.16. The summed E-state index contributed by atoms with van der Waals surface area (Å²) in [5.74, 6) is 0. The second-order valence-electron chi connectivity index (χ2n) is 4.53. The van der Waals surface area contributed by atoms with Crippen LogP contribution < -0.4 is 5.73 Å². The lowest BCUT2D eigenvalue weighted by Gasteiger charge is -2.32. The molecule has 3 nitrogen and oxygen atoms in total. The SMILES string of the molecule is NCc1ccccc1CC1(O)CCCOC1. The molecule has 1 aromatic carbocycles. The minimum atomic E-state index is -0.705. The molecule has 3 heteroatoms. The zero-order valence-corrected chi connectivity index (χ0v) is 9.48. The van der Waals surface area contributed by atoms with Gasteiger partial charge in [0.15, 0.2) is 0 Å². The van der Waals surface area contributed by atoms with Crippen LogP contribution in [0.5, 0.6) is 0 Å². The van der Waals surface area contributed by atoms with Gasteiger partial charge in [0.1, 0.15) is 0 Å². The average Bonchev–Trinajstić information content (AvgIpc) is 2.30. The monoisotopic (exact) mass is 221 g/mol. The van der Waals surface area contributed by atoms with E-state index in [0.29, 0.717) is 19.6 Å². The van der Waals surface area contributed by atoms with E-state index in [1.54, 1.807) is 0 Å². The van der Waals surface area contributed by atoms with Gasteiger partial charge in [-0.1, -0.05) is 24.3 Å². The highest BCUT2D eigenvalue weighted by atomic mass is 16.5. The van der Waals surface area contributed by atoms with Crippen molar-refractivity contribution >= 4 is 0 Å². The van der Waals surface area contributed by atoms with Crippen molar-refractivity contribution < 1.29 is 9.84 Å². The molecule has 0 amide bonds. The van der Waals surface area contributed by atoms with Crippen molar-refractivity contribution in [3.05, 3.63) is 35.4 Å². The second-order valence-corrected chi connectivity index (χ2v) is 4.53. The summed E-state index contributed by atoms with van der Waals surface area (Å²) in [5, 5.41) is 10.4. The number of rotatable bonds is 3. The summed E-state index contributed by atoms with van der Waals surface area (Å²) in [5.41, 5.74) is 7.23. The lowest BCUT2D eigenvalue weighted by atomic mass is 9.87. The molecule has 1 aromatic rings. The topological polar surface area (TPSA) is 55.5 Å². The Labute approximate surface area is 96.2 Å². The summed E-state index contributed by atoms with van der Waals surface area (Å²) < 4.78 is 5.35. The molecule has 0 spiro atoms. The number of benzene rings is 1. The molecule has 2 rings (SSSR count). The van der Waals surface area contributed by atoms with E-state index in [0.717, 1.165) is 30.6 Å². The maximum atomic E-state index is 10.4. The molecule has 88 valence electrons. The van der Waals surface area contributed by atoms with E-state index >= 15 is 0 Å². The Morgan fingerprint density at radius 1 is 1.31 bits per heavy atom. The van der Waals surface area contributed by atoms with Crippen LogP contribution in [0.25, 0.3) is 0 Å². The Hall–Kier alpha value is -0.900. The number of ether oxygens (including phenoxy) is 1. The van der Waals surface area contributed by atoms with Crippen molar-refractivity contribution in [2.24, 2.45) is 5.73 Å². The zero-order valence-electron chi connectivity index (χ0n) is 9.48. The quantitative estimate of drug-likeness (QED) is 0.807. The maximum absolute atomic E-state index is 10.4. The molecule has 1 fully saturated rings. The van der Waals surface area contributed by atoms with Crippen molar-refractivity contribution in [3.8, 4) is 0 Å². The lowest BCUT2D eigenvalue weighted by Crippen LogP contribution is -2.40. The third kappa shape index (κ3) is 2.61. The third-order valence-electron chi connectivity index (χ3n) is 3.16. The molecule has 0 aliphatic carbocycles. The van der Waals surface area contributed by atoms with Crippen molar-refractivity contribution in [1.29, 1.82) is 0 Å². The predicted molar refractivity (Wildman–Crippen MR) is 63.0 cm³/mol. The average molecular weight is 221 g/mol. The maximum Gasteiger partial charge on any atom is 0.0921 e. The first-order valence-corrected chi connectivity index (χ1v) is 5.80. The summed E-state index contributed by atoms with van der Waals surface area (Å²) >= 11 is 0. The molecule has 1 heterocycles. The van der Waals surface area contributed by atoms with E-state index in [1.165, 1.54) is 0 Å². The number of hydrogen-bond acceptors (Lipinski definition) is 3. The van der Waals surface area contributed by atoms with Crippen LogP contribution in [0, 0.1) is 0 Å². The van der Waals surface area contributed by atoms with Gasteiger partial charge in [0.25, 0.3) is 0 Å². The molecule has 3 N–H and O–H groups in total. The van der Waals surface area contributed by atoms with Gasteiger partial charge in [-0.2, -0.15) is 0 Å². The fourth-order valence-corrected chi connectivity index (χ4v) is 2.26. The minimum absolute atomic E-state index is 0.436. The van der Waals surface area contributed by atoms with Gasteiger partial charge in [-0.3, -0.25) is 0 Å². The molecule has 1 atom stereocenters. The van der Waals surface area contributed by atoms with Crippen LogP contribution in [0.3, 0.4) is 0 Å².